The van der Waals surface area contributed by atoms with E-state index in [2.05, 4.69) is 10.3 Å². The number of rotatable bonds is 8. The van der Waals surface area contributed by atoms with Crippen molar-refractivity contribution < 1.29 is 24.2 Å². The molecular weight excluding hydrogens is 390 g/mol. The van der Waals surface area contributed by atoms with Crippen LogP contribution in [0.3, 0.4) is 0 Å². The first-order valence-electron chi connectivity index (χ1n) is 9.10. The second kappa shape index (κ2) is 9.08. The highest BCUT2D eigenvalue weighted by Gasteiger charge is 2.20. The quantitative estimate of drug-likeness (QED) is 0.579. The Labute approximate surface area is 171 Å². The molecular formula is C21H21N3O6. The number of aromatic nitrogens is 2. The summed E-state index contributed by atoms with van der Waals surface area (Å²) >= 11 is 0. The summed E-state index contributed by atoms with van der Waals surface area (Å²) in [6, 6.07) is 10.9. The number of aliphatic carboxylic acids is 1. The molecule has 1 atom stereocenters. The molecule has 2 aromatic carbocycles. The minimum atomic E-state index is -1.08. The fourth-order valence-electron chi connectivity index (χ4n) is 3.11. The normalized spacial score (nSPS) is 11.7. The lowest BCUT2D eigenvalue weighted by molar-refractivity contribution is -0.137. The summed E-state index contributed by atoms with van der Waals surface area (Å²) in [6.45, 7) is -0.292. The molecule has 1 aromatic heterocycles. The number of nitrogens with zero attached hydrogens (tertiary/aromatic N) is 2. The zero-order valence-electron chi connectivity index (χ0n) is 16.5. The summed E-state index contributed by atoms with van der Waals surface area (Å²) in [5.74, 6) is -0.708. The molecule has 0 spiro atoms. The summed E-state index contributed by atoms with van der Waals surface area (Å²) in [4.78, 5) is 40.7. The third kappa shape index (κ3) is 4.57. The number of amides is 1. The van der Waals surface area contributed by atoms with Gasteiger partial charge in [0.2, 0.25) is 5.91 Å². The minimum Gasteiger partial charge on any atom is -0.493 e. The fraction of sp³-hybridized carbons (Fsp3) is 0.238. The van der Waals surface area contributed by atoms with Gasteiger partial charge in [-0.3, -0.25) is 19.0 Å². The third-order valence-corrected chi connectivity index (χ3v) is 4.57. The van der Waals surface area contributed by atoms with Crippen LogP contribution in [0.25, 0.3) is 10.9 Å². The summed E-state index contributed by atoms with van der Waals surface area (Å²) < 4.78 is 11.6. The van der Waals surface area contributed by atoms with E-state index in [0.29, 0.717) is 28.0 Å². The predicted molar refractivity (Wildman–Crippen MR) is 109 cm³/mol. The molecule has 9 nitrogen and oxygen atoms in total. The Hall–Kier alpha value is -3.88. The van der Waals surface area contributed by atoms with Crippen LogP contribution in [0.15, 0.2) is 53.6 Å². The third-order valence-electron chi connectivity index (χ3n) is 4.57. The zero-order valence-corrected chi connectivity index (χ0v) is 16.5. The van der Waals surface area contributed by atoms with Crippen molar-refractivity contribution in [2.75, 3.05) is 14.2 Å². The molecule has 1 heterocycles. The molecule has 0 aliphatic heterocycles. The maximum Gasteiger partial charge on any atom is 0.305 e. The van der Waals surface area contributed by atoms with Gasteiger partial charge in [-0.1, -0.05) is 18.2 Å². The first kappa shape index (κ1) is 20.8. The molecule has 30 heavy (non-hydrogen) atoms. The standard InChI is InChI=1S/C21H21N3O6/c1-29-17-8-7-13(9-18(17)30-2)16(10-20(26)27)23-19(25)11-24-12-22-15-6-4-3-5-14(15)21(24)28/h3-9,12,16H,10-11H2,1-2H3,(H,23,25)(H,26,27). The van der Waals surface area contributed by atoms with E-state index in [0.717, 1.165) is 0 Å². The number of ether oxygens (including phenoxy) is 2. The molecule has 3 rings (SSSR count). The van der Waals surface area contributed by atoms with Crippen LogP contribution in [0.2, 0.25) is 0 Å². The summed E-state index contributed by atoms with van der Waals surface area (Å²) in [5, 5.41) is 12.3. The van der Waals surface area contributed by atoms with Crippen LogP contribution in [0.4, 0.5) is 0 Å². The molecule has 0 radical (unpaired) electrons. The lowest BCUT2D eigenvalue weighted by Gasteiger charge is -2.19. The molecule has 0 aliphatic rings. The van der Waals surface area contributed by atoms with Crippen molar-refractivity contribution in [2.45, 2.75) is 19.0 Å². The van der Waals surface area contributed by atoms with Crippen LogP contribution in [0.1, 0.15) is 18.0 Å². The molecule has 1 unspecified atom stereocenters. The van der Waals surface area contributed by atoms with Gasteiger partial charge in [0.15, 0.2) is 11.5 Å². The molecule has 0 saturated heterocycles. The van der Waals surface area contributed by atoms with E-state index in [1.165, 1.54) is 25.1 Å². The zero-order chi connectivity index (χ0) is 21.7. The lowest BCUT2D eigenvalue weighted by atomic mass is 10.0. The lowest BCUT2D eigenvalue weighted by Crippen LogP contribution is -2.35. The topological polar surface area (TPSA) is 120 Å². The van der Waals surface area contributed by atoms with E-state index in [1.807, 2.05) is 0 Å². The van der Waals surface area contributed by atoms with E-state index in [4.69, 9.17) is 9.47 Å². The van der Waals surface area contributed by atoms with Crippen molar-refractivity contribution >= 4 is 22.8 Å². The molecule has 0 bridgehead atoms. The SMILES string of the molecule is COc1ccc(C(CC(=O)O)NC(=O)Cn2cnc3ccccc3c2=O)cc1OC. The molecule has 0 aliphatic carbocycles. The van der Waals surface area contributed by atoms with Gasteiger partial charge in [0.25, 0.3) is 5.56 Å². The van der Waals surface area contributed by atoms with Gasteiger partial charge in [0.1, 0.15) is 6.54 Å². The molecule has 1 amide bonds. The first-order valence-corrected chi connectivity index (χ1v) is 9.10. The Balaban J connectivity index is 1.83. The smallest absolute Gasteiger partial charge is 0.305 e. The number of carbonyl (C=O) groups is 2. The molecule has 0 fully saturated rings. The molecule has 9 heteroatoms. The number of carbonyl (C=O) groups excluding carboxylic acids is 1. The number of hydrogen-bond donors (Lipinski definition) is 2. The highest BCUT2D eigenvalue weighted by Crippen LogP contribution is 2.31. The van der Waals surface area contributed by atoms with Crippen LogP contribution in [0, 0.1) is 0 Å². The number of methoxy groups -OCH3 is 2. The summed E-state index contributed by atoms with van der Waals surface area (Å²) in [5.41, 5.74) is 0.720. The van der Waals surface area contributed by atoms with E-state index >= 15 is 0 Å². The number of hydrogen-bond acceptors (Lipinski definition) is 6. The average Bonchev–Trinajstić information content (AvgIpc) is 2.74. The van der Waals surface area contributed by atoms with Gasteiger partial charge in [-0.05, 0) is 29.8 Å². The average molecular weight is 411 g/mol. The maximum absolute atomic E-state index is 12.6. The van der Waals surface area contributed by atoms with Gasteiger partial charge in [-0.15, -0.1) is 0 Å². The Morgan fingerprint density at radius 1 is 1.13 bits per heavy atom. The maximum atomic E-state index is 12.6. The second-order valence-corrected chi connectivity index (χ2v) is 6.53. The summed E-state index contributed by atoms with van der Waals surface area (Å²) in [6.07, 6.45) is 0.957. The largest absolute Gasteiger partial charge is 0.493 e. The highest BCUT2D eigenvalue weighted by molar-refractivity contribution is 5.79. The monoisotopic (exact) mass is 411 g/mol. The van der Waals surface area contributed by atoms with Crippen molar-refractivity contribution in [3.8, 4) is 11.5 Å². The van der Waals surface area contributed by atoms with Crippen LogP contribution in [0.5, 0.6) is 11.5 Å². The van der Waals surface area contributed by atoms with Crippen molar-refractivity contribution in [3.63, 3.8) is 0 Å². The number of fused-ring (bicyclic) bond motifs is 1. The fourth-order valence-corrected chi connectivity index (χ4v) is 3.11. The molecule has 0 saturated carbocycles. The van der Waals surface area contributed by atoms with Gasteiger partial charge in [-0.25, -0.2) is 4.98 Å². The Bertz CT molecular complexity index is 1140. The Kier molecular flexibility index (Phi) is 6.31. The Morgan fingerprint density at radius 3 is 2.57 bits per heavy atom. The molecule has 2 N–H and O–H groups in total. The number of para-hydroxylation sites is 1. The van der Waals surface area contributed by atoms with Crippen molar-refractivity contribution in [1.82, 2.24) is 14.9 Å². The minimum absolute atomic E-state index is 0.292. The van der Waals surface area contributed by atoms with Gasteiger partial charge in [0.05, 0.1) is 43.9 Å². The first-order chi connectivity index (χ1) is 14.4. The molecule has 3 aromatic rings. The number of carboxylic acids is 1. The van der Waals surface area contributed by atoms with Gasteiger partial charge >= 0.3 is 5.97 Å². The number of nitrogens with one attached hydrogen (secondary N) is 1. The molecule has 156 valence electrons. The van der Waals surface area contributed by atoms with Gasteiger partial charge in [0, 0.05) is 0 Å². The van der Waals surface area contributed by atoms with E-state index < -0.39 is 17.9 Å². The Morgan fingerprint density at radius 2 is 1.87 bits per heavy atom. The second-order valence-electron chi connectivity index (χ2n) is 6.53. The van der Waals surface area contributed by atoms with Crippen LogP contribution < -0.4 is 20.3 Å². The van der Waals surface area contributed by atoms with E-state index in [1.54, 1.807) is 42.5 Å². The van der Waals surface area contributed by atoms with Gasteiger partial charge in [-0.2, -0.15) is 0 Å². The number of benzene rings is 2. The van der Waals surface area contributed by atoms with Crippen molar-refractivity contribution in [2.24, 2.45) is 0 Å². The predicted octanol–water partition coefficient (Wildman–Crippen LogP) is 1.75. The van der Waals surface area contributed by atoms with E-state index in [-0.39, 0.29) is 18.5 Å². The van der Waals surface area contributed by atoms with Crippen LogP contribution >= 0.6 is 0 Å². The van der Waals surface area contributed by atoms with E-state index in [9.17, 15) is 19.5 Å². The summed E-state index contributed by atoms with van der Waals surface area (Å²) in [7, 11) is 2.95. The number of carboxylic acid groups (broad SMARTS) is 1. The highest BCUT2D eigenvalue weighted by atomic mass is 16.5. The van der Waals surface area contributed by atoms with Crippen LogP contribution in [-0.4, -0.2) is 40.8 Å². The van der Waals surface area contributed by atoms with Crippen LogP contribution in [-0.2, 0) is 16.1 Å². The van der Waals surface area contributed by atoms with Crippen molar-refractivity contribution in [1.29, 1.82) is 0 Å². The van der Waals surface area contributed by atoms with Crippen molar-refractivity contribution in [3.05, 3.63) is 64.7 Å². The van der Waals surface area contributed by atoms with Gasteiger partial charge < -0.3 is 19.9 Å².